The van der Waals surface area contributed by atoms with Crippen LogP contribution in [0.4, 0.5) is 0 Å². The lowest BCUT2D eigenvalue weighted by molar-refractivity contribution is 0.173. The highest BCUT2D eigenvalue weighted by Gasteiger charge is 2.19. The van der Waals surface area contributed by atoms with Crippen molar-refractivity contribution in [2.45, 2.75) is 12.8 Å². The zero-order valence-corrected chi connectivity index (χ0v) is 8.66. The second kappa shape index (κ2) is 4.40. The number of fused-ring (bicyclic) bond motifs is 1. The quantitative estimate of drug-likeness (QED) is 0.814. The van der Waals surface area contributed by atoms with Crippen LogP contribution in [-0.2, 0) is 6.42 Å². The third-order valence-electron chi connectivity index (χ3n) is 2.36. The highest BCUT2D eigenvalue weighted by atomic mass is 16.7. The Balaban J connectivity index is 2.30. The Morgan fingerprint density at radius 1 is 1.40 bits per heavy atom. The van der Waals surface area contributed by atoms with Crippen LogP contribution in [0.1, 0.15) is 12.0 Å². The molecule has 0 aromatic heterocycles. The number of benzene rings is 1. The van der Waals surface area contributed by atoms with Crippen molar-refractivity contribution in [2.75, 3.05) is 20.5 Å². The third kappa shape index (κ3) is 1.99. The fraction of sp³-hybridized carbons (Fsp3) is 0.455. The van der Waals surface area contributed by atoms with Crippen LogP contribution in [0, 0.1) is 0 Å². The molecule has 0 spiro atoms. The lowest BCUT2D eigenvalue weighted by atomic mass is 10.1. The minimum absolute atomic E-state index is 0.173. The minimum atomic E-state index is 0.173. The molecule has 15 heavy (non-hydrogen) atoms. The van der Waals surface area contributed by atoms with Crippen LogP contribution in [0.25, 0.3) is 0 Å². The fourth-order valence-electron chi connectivity index (χ4n) is 1.63. The molecule has 0 fully saturated rings. The summed E-state index contributed by atoms with van der Waals surface area (Å²) in [5.41, 5.74) is 1.02. The standard InChI is InChI=1S/C11H14O4/c1-13-9-5-8(3-2-4-12)11-10(6-9)14-7-15-11/h5-6,12H,2-4,7H2,1H3. The molecule has 0 saturated carbocycles. The summed E-state index contributed by atoms with van der Waals surface area (Å²) >= 11 is 0. The Bertz CT molecular complexity index is 349. The van der Waals surface area contributed by atoms with E-state index in [1.54, 1.807) is 7.11 Å². The van der Waals surface area contributed by atoms with Gasteiger partial charge in [0.25, 0.3) is 0 Å². The summed E-state index contributed by atoms with van der Waals surface area (Å²) < 4.78 is 15.8. The molecule has 4 heteroatoms. The molecule has 4 nitrogen and oxygen atoms in total. The second-order valence-electron chi connectivity index (χ2n) is 3.35. The number of aliphatic hydroxyl groups is 1. The third-order valence-corrected chi connectivity index (χ3v) is 2.36. The highest BCUT2D eigenvalue weighted by molar-refractivity contribution is 5.53. The highest BCUT2D eigenvalue weighted by Crippen LogP contribution is 2.39. The van der Waals surface area contributed by atoms with Gasteiger partial charge >= 0.3 is 0 Å². The zero-order valence-electron chi connectivity index (χ0n) is 8.66. The topological polar surface area (TPSA) is 47.9 Å². The van der Waals surface area contributed by atoms with Gasteiger partial charge in [-0.05, 0) is 18.9 Å². The molecule has 1 aromatic rings. The lowest BCUT2D eigenvalue weighted by Gasteiger charge is -2.07. The van der Waals surface area contributed by atoms with Gasteiger partial charge in [-0.1, -0.05) is 0 Å². The molecule has 2 rings (SSSR count). The van der Waals surface area contributed by atoms with E-state index in [2.05, 4.69) is 0 Å². The molecule has 1 heterocycles. The van der Waals surface area contributed by atoms with Gasteiger partial charge in [0.05, 0.1) is 7.11 Å². The summed E-state index contributed by atoms with van der Waals surface area (Å²) in [6.07, 6.45) is 1.47. The number of rotatable bonds is 4. The van der Waals surface area contributed by atoms with Crippen molar-refractivity contribution in [2.24, 2.45) is 0 Å². The maximum absolute atomic E-state index is 8.80. The van der Waals surface area contributed by atoms with Gasteiger partial charge in [-0.25, -0.2) is 0 Å². The van der Waals surface area contributed by atoms with Gasteiger partial charge in [-0.3, -0.25) is 0 Å². The van der Waals surface area contributed by atoms with E-state index in [0.29, 0.717) is 6.42 Å². The van der Waals surface area contributed by atoms with Gasteiger partial charge in [0.2, 0.25) is 6.79 Å². The predicted octanol–water partition coefficient (Wildman–Crippen LogP) is 1.35. The van der Waals surface area contributed by atoms with E-state index in [0.717, 1.165) is 29.2 Å². The van der Waals surface area contributed by atoms with Gasteiger partial charge in [0.15, 0.2) is 11.5 Å². The van der Waals surface area contributed by atoms with Crippen LogP contribution < -0.4 is 14.2 Å². The van der Waals surface area contributed by atoms with Gasteiger partial charge < -0.3 is 19.3 Å². The van der Waals surface area contributed by atoms with Crippen molar-refractivity contribution in [3.63, 3.8) is 0 Å². The number of hydrogen-bond acceptors (Lipinski definition) is 4. The van der Waals surface area contributed by atoms with Gasteiger partial charge in [-0.15, -0.1) is 0 Å². The Hall–Kier alpha value is -1.42. The summed E-state index contributed by atoms with van der Waals surface area (Å²) in [6, 6.07) is 3.73. The van der Waals surface area contributed by atoms with E-state index in [-0.39, 0.29) is 13.4 Å². The molecule has 1 aromatic carbocycles. The molecular formula is C11H14O4. The monoisotopic (exact) mass is 210 g/mol. The van der Waals surface area contributed by atoms with Crippen LogP contribution in [-0.4, -0.2) is 25.6 Å². The number of aryl methyl sites for hydroxylation is 1. The number of methoxy groups -OCH3 is 1. The van der Waals surface area contributed by atoms with Crippen molar-refractivity contribution in [1.29, 1.82) is 0 Å². The second-order valence-corrected chi connectivity index (χ2v) is 3.35. The first-order chi connectivity index (χ1) is 7.35. The molecule has 0 unspecified atom stereocenters. The molecule has 0 bridgehead atoms. The predicted molar refractivity (Wildman–Crippen MR) is 54.5 cm³/mol. The van der Waals surface area contributed by atoms with Crippen LogP contribution >= 0.6 is 0 Å². The summed E-state index contributed by atoms with van der Waals surface area (Å²) in [4.78, 5) is 0. The normalized spacial score (nSPS) is 12.9. The van der Waals surface area contributed by atoms with Crippen LogP contribution in [0.5, 0.6) is 17.2 Å². The van der Waals surface area contributed by atoms with Gasteiger partial charge in [0.1, 0.15) is 5.75 Å². The molecule has 1 N–H and O–H groups in total. The Labute approximate surface area is 88.4 Å². The first-order valence-electron chi connectivity index (χ1n) is 4.92. The van der Waals surface area contributed by atoms with E-state index in [4.69, 9.17) is 19.3 Å². The van der Waals surface area contributed by atoms with Crippen LogP contribution in [0.2, 0.25) is 0 Å². The molecule has 0 aliphatic carbocycles. The van der Waals surface area contributed by atoms with E-state index >= 15 is 0 Å². The van der Waals surface area contributed by atoms with Crippen molar-refractivity contribution < 1.29 is 19.3 Å². The van der Waals surface area contributed by atoms with Crippen molar-refractivity contribution in [3.8, 4) is 17.2 Å². The number of hydrogen-bond donors (Lipinski definition) is 1. The molecule has 0 radical (unpaired) electrons. The SMILES string of the molecule is COc1cc(CCCO)c2c(c1)OCO2. The Morgan fingerprint density at radius 2 is 2.27 bits per heavy atom. The molecule has 1 aliphatic rings. The van der Waals surface area contributed by atoms with Crippen molar-refractivity contribution in [1.82, 2.24) is 0 Å². The maximum atomic E-state index is 8.80. The zero-order chi connectivity index (χ0) is 10.7. The maximum Gasteiger partial charge on any atom is 0.231 e. The summed E-state index contributed by atoms with van der Waals surface area (Å²) in [6.45, 7) is 0.432. The lowest BCUT2D eigenvalue weighted by Crippen LogP contribution is -1.95. The van der Waals surface area contributed by atoms with E-state index < -0.39 is 0 Å². The van der Waals surface area contributed by atoms with Crippen molar-refractivity contribution in [3.05, 3.63) is 17.7 Å². The fourth-order valence-corrected chi connectivity index (χ4v) is 1.63. The Kier molecular flexibility index (Phi) is 2.97. The summed E-state index contributed by atoms with van der Waals surface area (Å²) in [5.74, 6) is 2.26. The molecule has 1 aliphatic heterocycles. The first kappa shape index (κ1) is 10.1. The largest absolute Gasteiger partial charge is 0.497 e. The van der Waals surface area contributed by atoms with E-state index in [9.17, 15) is 0 Å². The molecule has 82 valence electrons. The minimum Gasteiger partial charge on any atom is -0.497 e. The van der Waals surface area contributed by atoms with E-state index in [1.165, 1.54) is 0 Å². The molecule has 0 amide bonds. The van der Waals surface area contributed by atoms with Gasteiger partial charge in [-0.2, -0.15) is 0 Å². The average molecular weight is 210 g/mol. The van der Waals surface area contributed by atoms with Crippen LogP contribution in [0.3, 0.4) is 0 Å². The molecule has 0 atom stereocenters. The number of ether oxygens (including phenoxy) is 3. The van der Waals surface area contributed by atoms with Gasteiger partial charge in [0, 0.05) is 18.2 Å². The van der Waals surface area contributed by atoms with Crippen LogP contribution in [0.15, 0.2) is 12.1 Å². The Morgan fingerprint density at radius 3 is 3.00 bits per heavy atom. The molecular weight excluding hydrogens is 196 g/mol. The summed E-state index contributed by atoms with van der Waals surface area (Å²) in [7, 11) is 1.62. The van der Waals surface area contributed by atoms with Crippen molar-refractivity contribution >= 4 is 0 Å². The molecule has 0 saturated heterocycles. The van der Waals surface area contributed by atoms with E-state index in [1.807, 2.05) is 12.1 Å². The first-order valence-corrected chi connectivity index (χ1v) is 4.92. The summed E-state index contributed by atoms with van der Waals surface area (Å²) in [5, 5.41) is 8.80. The smallest absolute Gasteiger partial charge is 0.231 e. The average Bonchev–Trinajstić information content (AvgIpc) is 2.73. The number of aliphatic hydroxyl groups excluding tert-OH is 1.